The highest BCUT2D eigenvalue weighted by Crippen LogP contribution is 2.49. The zero-order chi connectivity index (χ0) is 21.7. The lowest BCUT2D eigenvalue weighted by Crippen LogP contribution is -2.38. The van der Waals surface area contributed by atoms with Crippen LogP contribution in [0, 0.1) is 33.8 Å². The highest BCUT2D eigenvalue weighted by Gasteiger charge is 2.56. The standard InChI is InChI=1S/C22H19N3O6/c1-30-14-6-8-16(17(10-14)25(28)29)18-9-7-15(31-18)11-23-24-21(26)19-12-2-3-13(5-4-12)20(19)22(24)27/h2-3,6-13,19-20H,4-5H2,1H3/b23-11-/t12-,13-,19-,20+/m0/s1. The van der Waals surface area contributed by atoms with Crippen molar-refractivity contribution < 1.29 is 23.7 Å². The summed E-state index contributed by atoms with van der Waals surface area (Å²) in [5, 5.41) is 16.5. The molecule has 1 aliphatic heterocycles. The molecule has 1 saturated heterocycles. The van der Waals surface area contributed by atoms with E-state index in [0.717, 1.165) is 17.9 Å². The van der Waals surface area contributed by atoms with E-state index in [1.54, 1.807) is 18.2 Å². The number of hydrazone groups is 1. The lowest BCUT2D eigenvalue weighted by atomic mass is 9.63. The van der Waals surface area contributed by atoms with Crippen LogP contribution in [0.25, 0.3) is 11.3 Å². The van der Waals surface area contributed by atoms with Gasteiger partial charge in [0, 0.05) is 0 Å². The number of furan rings is 1. The fourth-order valence-electron chi connectivity index (χ4n) is 4.85. The first-order chi connectivity index (χ1) is 15.0. The molecule has 0 radical (unpaired) electrons. The zero-order valence-electron chi connectivity index (χ0n) is 16.6. The number of benzene rings is 1. The monoisotopic (exact) mass is 421 g/mol. The Hall–Kier alpha value is -3.75. The van der Waals surface area contributed by atoms with Crippen molar-refractivity contribution in [2.45, 2.75) is 12.8 Å². The molecule has 4 aliphatic rings. The van der Waals surface area contributed by atoms with Gasteiger partial charge >= 0.3 is 0 Å². The average molecular weight is 421 g/mol. The Morgan fingerprint density at radius 1 is 1.13 bits per heavy atom. The van der Waals surface area contributed by atoms with Crippen molar-refractivity contribution >= 4 is 23.7 Å². The number of nitro benzene ring substituents is 1. The Balaban J connectivity index is 1.39. The van der Waals surface area contributed by atoms with E-state index in [2.05, 4.69) is 5.10 Å². The van der Waals surface area contributed by atoms with Gasteiger partial charge in [0.2, 0.25) is 0 Å². The summed E-state index contributed by atoms with van der Waals surface area (Å²) < 4.78 is 10.7. The topological polar surface area (TPSA) is 115 Å². The minimum Gasteiger partial charge on any atom is -0.497 e. The maximum atomic E-state index is 12.8. The Bertz CT molecular complexity index is 1120. The first-order valence-corrected chi connectivity index (χ1v) is 10.0. The van der Waals surface area contributed by atoms with E-state index in [0.29, 0.717) is 5.75 Å². The number of nitro groups is 1. The number of nitrogens with zero attached hydrogens (tertiary/aromatic N) is 3. The predicted molar refractivity (Wildman–Crippen MR) is 109 cm³/mol. The number of imide groups is 1. The minimum absolute atomic E-state index is 0.0949. The summed E-state index contributed by atoms with van der Waals surface area (Å²) in [5.74, 6) is -0.118. The summed E-state index contributed by atoms with van der Waals surface area (Å²) in [6.45, 7) is 0. The quantitative estimate of drug-likeness (QED) is 0.240. The second-order valence-corrected chi connectivity index (χ2v) is 7.92. The molecule has 4 atom stereocenters. The van der Waals surface area contributed by atoms with Gasteiger partial charge in [-0.15, -0.1) is 0 Å². The van der Waals surface area contributed by atoms with Crippen LogP contribution in [0.1, 0.15) is 18.6 Å². The number of hydrogen-bond donors (Lipinski definition) is 0. The fraction of sp³-hybridized carbons (Fsp3) is 0.318. The molecule has 1 saturated carbocycles. The van der Waals surface area contributed by atoms with E-state index < -0.39 is 4.92 Å². The Kier molecular flexibility index (Phi) is 4.46. The van der Waals surface area contributed by atoms with Gasteiger partial charge in [0.1, 0.15) is 17.3 Å². The van der Waals surface area contributed by atoms with Crippen molar-refractivity contribution in [2.75, 3.05) is 7.11 Å². The van der Waals surface area contributed by atoms with Gasteiger partial charge in [0.15, 0.2) is 0 Å². The van der Waals surface area contributed by atoms with Gasteiger partial charge in [-0.1, -0.05) is 12.2 Å². The SMILES string of the molecule is COc1ccc(-c2ccc(/C=N\N3C(=O)[C@@H]4[C@H](C3=O)[C@H]3C=C[C@H]4CC3)o2)c([N+](=O)[O-])c1. The van der Waals surface area contributed by atoms with Crippen LogP contribution in [0.15, 0.2) is 52.0 Å². The van der Waals surface area contributed by atoms with Crippen molar-refractivity contribution in [3.8, 4) is 17.1 Å². The molecule has 9 heteroatoms. The summed E-state index contributed by atoms with van der Waals surface area (Å²) in [6, 6.07) is 7.61. The number of hydrogen-bond acceptors (Lipinski definition) is 7. The first-order valence-electron chi connectivity index (χ1n) is 10.0. The van der Waals surface area contributed by atoms with E-state index in [4.69, 9.17) is 9.15 Å². The van der Waals surface area contributed by atoms with E-state index in [9.17, 15) is 19.7 Å². The van der Waals surface area contributed by atoms with Gasteiger partial charge in [-0.05, 0) is 48.9 Å². The van der Waals surface area contributed by atoms with Crippen molar-refractivity contribution in [2.24, 2.45) is 28.8 Å². The average Bonchev–Trinajstić information content (AvgIpc) is 3.36. The van der Waals surface area contributed by atoms with Crippen LogP contribution >= 0.6 is 0 Å². The minimum atomic E-state index is -0.514. The Morgan fingerprint density at radius 3 is 2.39 bits per heavy atom. The third-order valence-corrected chi connectivity index (χ3v) is 6.33. The number of amides is 2. The molecule has 2 heterocycles. The molecule has 31 heavy (non-hydrogen) atoms. The summed E-state index contributed by atoms with van der Waals surface area (Å²) in [7, 11) is 1.43. The number of allylic oxidation sites excluding steroid dienone is 2. The van der Waals surface area contributed by atoms with Crippen LogP contribution in [0.4, 0.5) is 5.69 Å². The second-order valence-electron chi connectivity index (χ2n) is 7.92. The number of carbonyl (C=O) groups excluding carboxylic acids is 2. The molecule has 1 aromatic heterocycles. The van der Waals surface area contributed by atoms with Crippen LogP contribution in [0.5, 0.6) is 5.75 Å². The maximum Gasteiger partial charge on any atom is 0.284 e. The Morgan fingerprint density at radius 2 is 1.81 bits per heavy atom. The molecule has 2 aromatic rings. The molecule has 0 unspecified atom stereocenters. The number of rotatable bonds is 5. The highest BCUT2D eigenvalue weighted by atomic mass is 16.6. The smallest absolute Gasteiger partial charge is 0.284 e. The van der Waals surface area contributed by atoms with Crippen molar-refractivity contribution in [3.63, 3.8) is 0 Å². The molecule has 9 nitrogen and oxygen atoms in total. The van der Waals surface area contributed by atoms with Crippen LogP contribution in [0.2, 0.25) is 0 Å². The van der Waals surface area contributed by atoms with Crippen molar-refractivity contribution in [1.82, 2.24) is 5.01 Å². The predicted octanol–water partition coefficient (Wildman–Crippen LogP) is 3.39. The molecule has 2 fully saturated rings. The maximum absolute atomic E-state index is 12.8. The Labute approximate surface area is 177 Å². The largest absolute Gasteiger partial charge is 0.497 e. The molecular formula is C22H19N3O6. The summed E-state index contributed by atoms with van der Waals surface area (Å²) >= 11 is 0. The number of ether oxygens (including phenoxy) is 1. The normalized spacial score (nSPS) is 26.7. The highest BCUT2D eigenvalue weighted by molar-refractivity contribution is 6.06. The van der Waals surface area contributed by atoms with Gasteiger partial charge < -0.3 is 9.15 Å². The van der Waals surface area contributed by atoms with Crippen molar-refractivity contribution in [3.05, 3.63) is 58.4 Å². The lowest BCUT2D eigenvalue weighted by Gasteiger charge is -2.37. The number of carbonyl (C=O) groups is 2. The fourth-order valence-corrected chi connectivity index (χ4v) is 4.85. The van der Waals surface area contributed by atoms with Crippen LogP contribution in [-0.2, 0) is 9.59 Å². The van der Waals surface area contributed by atoms with Gasteiger partial charge in [-0.25, -0.2) is 0 Å². The van der Waals surface area contributed by atoms with Gasteiger partial charge in [-0.3, -0.25) is 19.7 Å². The lowest BCUT2D eigenvalue weighted by molar-refractivity contribution is -0.384. The van der Waals surface area contributed by atoms with E-state index in [-0.39, 0.29) is 58.3 Å². The summed E-state index contributed by atoms with van der Waals surface area (Å²) in [6.07, 6.45) is 7.23. The molecule has 2 bridgehead atoms. The number of fused-ring (bicyclic) bond motifs is 1. The molecule has 0 N–H and O–H groups in total. The first kappa shape index (κ1) is 19.2. The van der Waals surface area contributed by atoms with Crippen LogP contribution < -0.4 is 4.74 Å². The van der Waals surface area contributed by atoms with Gasteiger partial charge in [-0.2, -0.15) is 10.1 Å². The number of methoxy groups -OCH3 is 1. The molecule has 1 aromatic carbocycles. The molecule has 2 amide bonds. The molecular weight excluding hydrogens is 402 g/mol. The van der Waals surface area contributed by atoms with E-state index in [1.807, 2.05) is 12.2 Å². The molecule has 6 rings (SSSR count). The molecule has 158 valence electrons. The summed E-state index contributed by atoms with van der Waals surface area (Å²) in [4.78, 5) is 36.5. The van der Waals surface area contributed by atoms with Gasteiger partial charge in [0.05, 0.1) is 41.7 Å². The van der Waals surface area contributed by atoms with E-state index in [1.165, 1.54) is 25.5 Å². The van der Waals surface area contributed by atoms with E-state index >= 15 is 0 Å². The van der Waals surface area contributed by atoms with Gasteiger partial charge in [0.25, 0.3) is 17.5 Å². The molecule has 3 aliphatic carbocycles. The third-order valence-electron chi connectivity index (χ3n) is 6.33. The molecule has 0 spiro atoms. The van der Waals surface area contributed by atoms with Crippen molar-refractivity contribution in [1.29, 1.82) is 0 Å². The van der Waals surface area contributed by atoms with Crippen LogP contribution in [0.3, 0.4) is 0 Å². The third kappa shape index (κ3) is 3.04. The second kappa shape index (κ2) is 7.19. The summed E-state index contributed by atoms with van der Waals surface area (Å²) in [5.41, 5.74) is 0.126. The van der Waals surface area contributed by atoms with Crippen LogP contribution in [-0.4, -0.2) is 35.1 Å². The zero-order valence-corrected chi connectivity index (χ0v) is 16.6.